The largest absolute Gasteiger partial charge is 0.306 e. The van der Waals surface area contributed by atoms with E-state index in [4.69, 9.17) is 0 Å². The van der Waals surface area contributed by atoms with Gasteiger partial charge in [-0.15, -0.1) is 0 Å². The maximum Gasteiger partial charge on any atom is 0.215 e. The lowest BCUT2D eigenvalue weighted by Crippen LogP contribution is -2.42. The molecule has 1 aliphatic rings. The van der Waals surface area contributed by atoms with Gasteiger partial charge in [-0.25, -0.2) is 9.98 Å². The fourth-order valence-corrected chi connectivity index (χ4v) is 3.85. The lowest BCUT2D eigenvalue weighted by molar-refractivity contribution is -0.116. The van der Waals surface area contributed by atoms with Crippen LogP contribution in [0.1, 0.15) is 24.1 Å². The molecule has 150 valence electrons. The van der Waals surface area contributed by atoms with Gasteiger partial charge >= 0.3 is 0 Å². The molecule has 0 radical (unpaired) electrons. The number of aromatic nitrogens is 2. The Bertz CT molecular complexity index is 1050. The highest BCUT2D eigenvalue weighted by Crippen LogP contribution is 2.28. The van der Waals surface area contributed by atoms with Gasteiger partial charge in [0, 0.05) is 18.4 Å². The number of rotatable bonds is 5. The van der Waals surface area contributed by atoms with E-state index in [1.54, 1.807) is 11.2 Å². The van der Waals surface area contributed by atoms with Crippen LogP contribution < -0.4 is 0 Å². The van der Waals surface area contributed by atoms with Crippen molar-refractivity contribution in [1.82, 2.24) is 19.2 Å². The summed E-state index contributed by atoms with van der Waals surface area (Å²) in [4.78, 5) is 24.8. The number of carbonyl (C=O) groups is 1. The highest BCUT2D eigenvalue weighted by molar-refractivity contribution is 5.77. The van der Waals surface area contributed by atoms with Crippen LogP contribution in [-0.2, 0) is 4.79 Å². The lowest BCUT2D eigenvalue weighted by Gasteiger charge is -2.32. The maximum absolute atomic E-state index is 11.6. The molecule has 29 heavy (non-hydrogen) atoms. The SMILES string of the molecule is Cc1cn2cc(-c3ccc(C)c(N=CN(C=O)C4CCN(C)CC4)c3)ccc2n1. The standard InChI is InChI=1S/C23H27N5O/c1-17-4-5-19(20-6-7-23-25-18(2)13-27(23)14-20)12-22(17)24-15-28(16-29)21-8-10-26(3)11-9-21/h4-7,12-16,21H,8-11H2,1-3H3. The molecular formula is C23H27N5O. The smallest absolute Gasteiger partial charge is 0.215 e. The third kappa shape index (κ3) is 4.22. The summed E-state index contributed by atoms with van der Waals surface area (Å²) >= 11 is 0. The fourth-order valence-electron chi connectivity index (χ4n) is 3.85. The fraction of sp³-hybridized carbons (Fsp3) is 0.348. The highest BCUT2D eigenvalue weighted by atomic mass is 16.1. The zero-order valence-electron chi connectivity index (χ0n) is 17.2. The second-order valence-corrected chi connectivity index (χ2v) is 7.90. The van der Waals surface area contributed by atoms with E-state index in [1.807, 2.05) is 30.5 Å². The monoisotopic (exact) mass is 389 g/mol. The Balaban J connectivity index is 1.58. The Kier molecular flexibility index (Phi) is 5.45. The van der Waals surface area contributed by atoms with Crippen molar-refractivity contribution >= 4 is 24.1 Å². The van der Waals surface area contributed by atoms with Crippen LogP contribution in [0.3, 0.4) is 0 Å². The van der Waals surface area contributed by atoms with Crippen LogP contribution >= 0.6 is 0 Å². The van der Waals surface area contributed by atoms with E-state index in [0.29, 0.717) is 0 Å². The molecule has 4 rings (SSSR count). The molecule has 0 aliphatic carbocycles. The van der Waals surface area contributed by atoms with Crippen LogP contribution in [0.15, 0.2) is 47.7 Å². The van der Waals surface area contributed by atoms with E-state index in [2.05, 4.69) is 52.4 Å². The van der Waals surface area contributed by atoms with E-state index in [9.17, 15) is 4.79 Å². The minimum absolute atomic E-state index is 0.225. The summed E-state index contributed by atoms with van der Waals surface area (Å²) in [5.41, 5.74) is 6.10. The van der Waals surface area contributed by atoms with Crippen molar-refractivity contribution in [3.05, 3.63) is 54.0 Å². The summed E-state index contributed by atoms with van der Waals surface area (Å²) in [7, 11) is 2.12. The molecule has 1 amide bonds. The van der Waals surface area contributed by atoms with Crippen molar-refractivity contribution < 1.29 is 4.79 Å². The third-order valence-electron chi connectivity index (χ3n) is 5.68. The van der Waals surface area contributed by atoms with E-state index in [-0.39, 0.29) is 6.04 Å². The molecular weight excluding hydrogens is 362 g/mol. The molecule has 0 saturated carbocycles. The first-order valence-corrected chi connectivity index (χ1v) is 10.1. The summed E-state index contributed by atoms with van der Waals surface area (Å²) < 4.78 is 2.04. The number of aliphatic imine (C=N–C) groups is 1. The zero-order valence-corrected chi connectivity index (χ0v) is 17.2. The van der Waals surface area contributed by atoms with Crippen molar-refractivity contribution in [3.63, 3.8) is 0 Å². The number of aryl methyl sites for hydroxylation is 2. The molecule has 0 bridgehead atoms. The normalized spacial score (nSPS) is 16.0. The first-order chi connectivity index (χ1) is 14.0. The van der Waals surface area contributed by atoms with E-state index >= 15 is 0 Å². The lowest BCUT2D eigenvalue weighted by atomic mass is 10.0. The number of nitrogens with zero attached hydrogens (tertiary/aromatic N) is 5. The van der Waals surface area contributed by atoms with Crippen molar-refractivity contribution in [3.8, 4) is 11.1 Å². The molecule has 0 atom stereocenters. The van der Waals surface area contributed by atoms with Crippen molar-refractivity contribution in [2.45, 2.75) is 32.7 Å². The highest BCUT2D eigenvalue weighted by Gasteiger charge is 2.21. The molecule has 1 fully saturated rings. The average Bonchev–Trinajstić information content (AvgIpc) is 3.10. The predicted molar refractivity (Wildman–Crippen MR) is 117 cm³/mol. The number of piperidine rings is 1. The van der Waals surface area contributed by atoms with Gasteiger partial charge < -0.3 is 14.2 Å². The molecule has 1 saturated heterocycles. The Morgan fingerprint density at radius 1 is 1.10 bits per heavy atom. The number of hydrogen-bond donors (Lipinski definition) is 0. The number of carbonyl (C=O) groups excluding carboxylic acids is 1. The van der Waals surface area contributed by atoms with Gasteiger partial charge in [0.2, 0.25) is 6.41 Å². The molecule has 0 spiro atoms. The van der Waals surface area contributed by atoms with Gasteiger partial charge in [-0.2, -0.15) is 0 Å². The van der Waals surface area contributed by atoms with Gasteiger partial charge in [0.15, 0.2) is 0 Å². The Morgan fingerprint density at radius 3 is 2.62 bits per heavy atom. The van der Waals surface area contributed by atoms with Crippen LogP contribution in [0.4, 0.5) is 5.69 Å². The number of amides is 1. The molecule has 3 aromatic rings. The summed E-state index contributed by atoms with van der Waals surface area (Å²) in [6.45, 7) is 6.05. The molecule has 1 aliphatic heterocycles. The minimum atomic E-state index is 0.225. The molecule has 6 heteroatoms. The second-order valence-electron chi connectivity index (χ2n) is 7.90. The van der Waals surface area contributed by atoms with Crippen LogP contribution in [-0.4, -0.2) is 58.1 Å². The van der Waals surface area contributed by atoms with E-state index in [1.165, 1.54) is 0 Å². The first kappa shape index (κ1) is 19.3. The number of likely N-dealkylation sites (tertiary alicyclic amines) is 1. The van der Waals surface area contributed by atoms with Gasteiger partial charge in [-0.3, -0.25) is 4.79 Å². The van der Waals surface area contributed by atoms with Crippen LogP contribution in [0.5, 0.6) is 0 Å². The second kappa shape index (κ2) is 8.17. The summed E-state index contributed by atoms with van der Waals surface area (Å²) in [6.07, 6.45) is 8.65. The van der Waals surface area contributed by atoms with Gasteiger partial charge in [0.05, 0.1) is 17.7 Å². The van der Waals surface area contributed by atoms with Gasteiger partial charge in [-0.05, 0) is 81.7 Å². The van der Waals surface area contributed by atoms with E-state index in [0.717, 1.165) is 66.1 Å². The van der Waals surface area contributed by atoms with Crippen LogP contribution in [0.2, 0.25) is 0 Å². The molecule has 0 N–H and O–H groups in total. The zero-order chi connectivity index (χ0) is 20.4. The number of hydrogen-bond acceptors (Lipinski definition) is 4. The molecule has 2 aromatic heterocycles. The molecule has 3 heterocycles. The van der Waals surface area contributed by atoms with Crippen molar-refractivity contribution in [2.24, 2.45) is 4.99 Å². The number of pyridine rings is 1. The topological polar surface area (TPSA) is 53.2 Å². The van der Waals surface area contributed by atoms with Crippen molar-refractivity contribution in [2.75, 3.05) is 20.1 Å². The molecule has 1 aromatic carbocycles. The van der Waals surface area contributed by atoms with Crippen LogP contribution in [0, 0.1) is 13.8 Å². The Hall–Kier alpha value is -2.99. The summed E-state index contributed by atoms with van der Waals surface area (Å²) in [5, 5.41) is 0. The predicted octanol–water partition coefficient (Wildman–Crippen LogP) is 3.83. The van der Waals surface area contributed by atoms with Gasteiger partial charge in [-0.1, -0.05) is 12.1 Å². The summed E-state index contributed by atoms with van der Waals surface area (Å²) in [6, 6.07) is 10.6. The minimum Gasteiger partial charge on any atom is -0.306 e. The third-order valence-corrected chi connectivity index (χ3v) is 5.68. The Morgan fingerprint density at radius 2 is 1.86 bits per heavy atom. The van der Waals surface area contributed by atoms with Crippen molar-refractivity contribution in [1.29, 1.82) is 0 Å². The average molecular weight is 390 g/mol. The molecule has 0 unspecified atom stereocenters. The van der Waals surface area contributed by atoms with Gasteiger partial charge in [0.1, 0.15) is 5.65 Å². The first-order valence-electron chi connectivity index (χ1n) is 10.1. The maximum atomic E-state index is 11.6. The number of benzene rings is 1. The van der Waals surface area contributed by atoms with E-state index < -0.39 is 0 Å². The quantitative estimate of drug-likeness (QED) is 0.379. The Labute approximate surface area is 171 Å². The van der Waals surface area contributed by atoms with Crippen LogP contribution in [0.25, 0.3) is 16.8 Å². The van der Waals surface area contributed by atoms with Gasteiger partial charge in [0.25, 0.3) is 0 Å². The molecule has 6 nitrogen and oxygen atoms in total. The number of imidazole rings is 1. The number of fused-ring (bicyclic) bond motifs is 1. The summed E-state index contributed by atoms with van der Waals surface area (Å²) in [5.74, 6) is 0.